The Morgan fingerprint density at radius 3 is 2.10 bits per heavy atom. The summed E-state index contributed by atoms with van der Waals surface area (Å²) < 4.78 is 1.13. The molecule has 0 aliphatic rings. The minimum atomic E-state index is -0.787. The van der Waals surface area contributed by atoms with Gasteiger partial charge in [0.15, 0.2) is 6.29 Å². The zero-order valence-corrected chi connectivity index (χ0v) is 5.23. The summed E-state index contributed by atoms with van der Waals surface area (Å²) in [5, 5.41) is 3.62. The molecule has 0 amide bonds. The lowest BCUT2D eigenvalue weighted by molar-refractivity contribution is 0.494. The zero-order valence-electron chi connectivity index (χ0n) is 5.23. The van der Waals surface area contributed by atoms with E-state index in [2.05, 4.69) is 10.1 Å². The highest BCUT2D eigenvalue weighted by Crippen LogP contribution is 2.01. The lowest BCUT2D eigenvalue weighted by atomic mass is 10.8. The minimum absolute atomic E-state index is 0.0680. The van der Waals surface area contributed by atoms with Crippen LogP contribution in [0.5, 0.6) is 0 Å². The maximum Gasteiger partial charge on any atom is 0.241 e. The van der Waals surface area contributed by atoms with E-state index in [-0.39, 0.29) is 11.9 Å². The van der Waals surface area contributed by atoms with Crippen LogP contribution in [0.1, 0.15) is 6.29 Å². The van der Waals surface area contributed by atoms with E-state index in [4.69, 9.17) is 22.9 Å². The van der Waals surface area contributed by atoms with Crippen molar-refractivity contribution in [3.63, 3.8) is 0 Å². The van der Waals surface area contributed by atoms with Crippen LogP contribution >= 0.6 is 0 Å². The van der Waals surface area contributed by atoms with Crippen molar-refractivity contribution in [2.75, 3.05) is 11.5 Å². The van der Waals surface area contributed by atoms with Gasteiger partial charge in [-0.05, 0) is 0 Å². The molecule has 0 unspecified atom stereocenters. The van der Waals surface area contributed by atoms with Crippen LogP contribution in [-0.4, -0.2) is 14.8 Å². The van der Waals surface area contributed by atoms with Gasteiger partial charge >= 0.3 is 0 Å². The molecule has 1 heterocycles. The van der Waals surface area contributed by atoms with Crippen molar-refractivity contribution in [3.05, 3.63) is 0 Å². The molecule has 0 bridgehead atoms. The fourth-order valence-corrected chi connectivity index (χ4v) is 0.572. The molecule has 0 saturated heterocycles. The Morgan fingerprint density at radius 2 is 1.90 bits per heavy atom. The van der Waals surface area contributed by atoms with Crippen molar-refractivity contribution in [1.29, 1.82) is 0 Å². The third-order valence-corrected chi connectivity index (χ3v) is 0.956. The predicted molar refractivity (Wildman–Crippen MR) is 36.3 cm³/mol. The van der Waals surface area contributed by atoms with E-state index < -0.39 is 6.29 Å². The van der Waals surface area contributed by atoms with Gasteiger partial charge in [-0.25, -0.2) is 0 Å². The van der Waals surface area contributed by atoms with Gasteiger partial charge in [0.25, 0.3) is 0 Å². The molecule has 1 aromatic rings. The molecule has 0 aromatic carbocycles. The molecule has 0 atom stereocenters. The second kappa shape index (κ2) is 2.12. The summed E-state index contributed by atoms with van der Waals surface area (Å²) in [6.07, 6.45) is -0.787. The van der Waals surface area contributed by atoms with Crippen molar-refractivity contribution in [1.82, 2.24) is 14.8 Å². The smallest absolute Gasteiger partial charge is 0.241 e. The summed E-state index contributed by atoms with van der Waals surface area (Å²) >= 11 is 0. The minimum Gasteiger partial charge on any atom is -0.368 e. The second-order valence-corrected chi connectivity index (χ2v) is 1.76. The molecule has 0 fully saturated rings. The number of hydrogen-bond donors (Lipinski definition) is 4. The van der Waals surface area contributed by atoms with E-state index >= 15 is 0 Å². The highest BCUT2D eigenvalue weighted by atomic mass is 15.5. The maximum absolute atomic E-state index is 5.29. The molecule has 7 heteroatoms. The zero-order chi connectivity index (χ0) is 7.72. The van der Waals surface area contributed by atoms with Gasteiger partial charge in [-0.1, -0.05) is 0 Å². The van der Waals surface area contributed by atoms with Crippen molar-refractivity contribution < 1.29 is 0 Å². The Balaban J connectivity index is 3.03. The first-order valence-corrected chi connectivity index (χ1v) is 2.60. The predicted octanol–water partition coefficient (Wildman–Crippen LogP) is -2.18. The van der Waals surface area contributed by atoms with Gasteiger partial charge in [0.05, 0.1) is 0 Å². The number of aromatic nitrogens is 3. The first-order chi connectivity index (χ1) is 4.61. The molecule has 1 aromatic heterocycles. The number of nitrogen functional groups attached to an aromatic ring is 2. The number of hydrogen-bond acceptors (Lipinski definition) is 6. The number of nitrogens with two attached hydrogens (primary N) is 4. The molecule has 10 heavy (non-hydrogen) atoms. The van der Waals surface area contributed by atoms with Gasteiger partial charge in [0.1, 0.15) is 0 Å². The lowest BCUT2D eigenvalue weighted by Crippen LogP contribution is -2.29. The third kappa shape index (κ3) is 0.993. The molecular weight excluding hydrogens is 134 g/mol. The number of anilines is 2. The largest absolute Gasteiger partial charge is 0.368 e. The second-order valence-electron chi connectivity index (χ2n) is 1.76. The molecule has 7 nitrogen and oxygen atoms in total. The van der Waals surface area contributed by atoms with E-state index in [0.29, 0.717) is 0 Å². The van der Waals surface area contributed by atoms with Crippen LogP contribution in [0, 0.1) is 0 Å². The Labute approximate surface area is 57.0 Å². The molecule has 1 rings (SSSR count). The van der Waals surface area contributed by atoms with Gasteiger partial charge in [0.2, 0.25) is 11.9 Å². The molecular formula is C3H9N7. The van der Waals surface area contributed by atoms with Gasteiger partial charge in [0, 0.05) is 0 Å². The van der Waals surface area contributed by atoms with E-state index in [9.17, 15) is 0 Å². The van der Waals surface area contributed by atoms with Gasteiger partial charge in [-0.3, -0.25) is 11.5 Å². The molecule has 0 aliphatic carbocycles. The fraction of sp³-hybridized carbons (Fsp3) is 0.333. The molecule has 8 N–H and O–H groups in total. The Bertz CT molecular complexity index is 225. The SMILES string of the molecule is Nc1nc(N)n(C(N)N)n1. The van der Waals surface area contributed by atoms with Gasteiger partial charge in [-0.2, -0.15) is 9.67 Å². The monoisotopic (exact) mass is 143 g/mol. The molecule has 0 radical (unpaired) electrons. The quantitative estimate of drug-likeness (QED) is 0.330. The Morgan fingerprint density at radius 1 is 1.30 bits per heavy atom. The van der Waals surface area contributed by atoms with Crippen LogP contribution in [-0.2, 0) is 0 Å². The third-order valence-electron chi connectivity index (χ3n) is 0.956. The number of rotatable bonds is 1. The molecule has 0 aliphatic heterocycles. The summed E-state index contributed by atoms with van der Waals surface area (Å²) in [6.45, 7) is 0. The van der Waals surface area contributed by atoms with Crippen LogP contribution < -0.4 is 22.9 Å². The van der Waals surface area contributed by atoms with Gasteiger partial charge in [-0.15, -0.1) is 5.10 Å². The van der Waals surface area contributed by atoms with Gasteiger partial charge < -0.3 is 11.5 Å². The van der Waals surface area contributed by atoms with Crippen LogP contribution in [0.15, 0.2) is 0 Å². The van der Waals surface area contributed by atoms with E-state index in [0.717, 1.165) is 4.68 Å². The van der Waals surface area contributed by atoms with Crippen molar-refractivity contribution in [2.24, 2.45) is 11.5 Å². The highest BCUT2D eigenvalue weighted by molar-refractivity contribution is 5.26. The average Bonchev–Trinajstić information content (AvgIpc) is 2.10. The van der Waals surface area contributed by atoms with Crippen molar-refractivity contribution in [3.8, 4) is 0 Å². The number of nitrogens with zero attached hydrogens (tertiary/aromatic N) is 3. The molecule has 0 spiro atoms. The molecule has 56 valence electrons. The van der Waals surface area contributed by atoms with Crippen LogP contribution in [0.2, 0.25) is 0 Å². The molecule has 0 saturated carbocycles. The van der Waals surface area contributed by atoms with Crippen LogP contribution in [0.3, 0.4) is 0 Å². The first kappa shape index (κ1) is 6.78. The van der Waals surface area contributed by atoms with E-state index in [1.54, 1.807) is 0 Å². The summed E-state index contributed by atoms with van der Waals surface area (Å²) in [5.74, 6) is 0.186. The highest BCUT2D eigenvalue weighted by Gasteiger charge is 2.06. The summed E-state index contributed by atoms with van der Waals surface area (Å²) in [4.78, 5) is 3.58. The Kier molecular flexibility index (Phi) is 1.44. The summed E-state index contributed by atoms with van der Waals surface area (Å²) in [7, 11) is 0. The summed E-state index contributed by atoms with van der Waals surface area (Å²) in [5.41, 5.74) is 20.9. The normalized spacial score (nSPS) is 10.7. The topological polar surface area (TPSA) is 135 Å². The lowest BCUT2D eigenvalue weighted by Gasteiger charge is -2.04. The van der Waals surface area contributed by atoms with Crippen LogP contribution in [0.4, 0.5) is 11.9 Å². The fourth-order valence-electron chi connectivity index (χ4n) is 0.572. The Hall–Kier alpha value is -1.34. The average molecular weight is 143 g/mol. The van der Waals surface area contributed by atoms with Crippen molar-refractivity contribution in [2.45, 2.75) is 6.29 Å². The van der Waals surface area contributed by atoms with Crippen molar-refractivity contribution >= 4 is 11.9 Å². The van der Waals surface area contributed by atoms with E-state index in [1.165, 1.54) is 0 Å². The van der Waals surface area contributed by atoms with Crippen LogP contribution in [0.25, 0.3) is 0 Å². The first-order valence-electron chi connectivity index (χ1n) is 2.60. The van der Waals surface area contributed by atoms with E-state index in [1.807, 2.05) is 0 Å². The standard InChI is InChI=1S/C3H9N7/c4-1(5)10-3(7)8-2(6)9-10/h1H,4-5H2,(H4,6,7,8,9). The summed E-state index contributed by atoms with van der Waals surface area (Å²) in [6, 6.07) is 0. The maximum atomic E-state index is 5.29.